The number of ether oxygens (including phenoxy) is 1. The zero-order chi connectivity index (χ0) is 25.0. The summed E-state index contributed by atoms with van der Waals surface area (Å²) in [5.41, 5.74) is 5.14. The number of allylic oxidation sites excluding steroid dienone is 1. The zero-order valence-electron chi connectivity index (χ0n) is 19.6. The van der Waals surface area contributed by atoms with Gasteiger partial charge in [-0.05, 0) is 48.7 Å². The highest BCUT2D eigenvalue weighted by molar-refractivity contribution is 5.94. The van der Waals surface area contributed by atoms with Crippen molar-refractivity contribution in [1.29, 1.82) is 0 Å². The summed E-state index contributed by atoms with van der Waals surface area (Å²) in [5.74, 6) is -0.225. The molecule has 0 spiro atoms. The molecule has 1 atom stereocenters. The van der Waals surface area contributed by atoms with Gasteiger partial charge < -0.3 is 15.2 Å². The van der Waals surface area contributed by atoms with Crippen molar-refractivity contribution >= 4 is 18.0 Å². The lowest BCUT2D eigenvalue weighted by Gasteiger charge is -2.18. The van der Waals surface area contributed by atoms with E-state index in [-0.39, 0.29) is 24.0 Å². The van der Waals surface area contributed by atoms with Crippen LogP contribution in [0.3, 0.4) is 0 Å². The van der Waals surface area contributed by atoms with Crippen LogP contribution in [0.15, 0.2) is 90.6 Å². The number of nitrogens with zero attached hydrogens (tertiary/aromatic N) is 1. The van der Waals surface area contributed by atoms with E-state index < -0.39 is 6.04 Å². The molecule has 180 valence electrons. The summed E-state index contributed by atoms with van der Waals surface area (Å²) >= 11 is 0. The second kappa shape index (κ2) is 12.7. The van der Waals surface area contributed by atoms with Gasteiger partial charge in [0.1, 0.15) is 0 Å². The van der Waals surface area contributed by atoms with Gasteiger partial charge in [-0.1, -0.05) is 54.6 Å². The van der Waals surface area contributed by atoms with E-state index in [1.807, 2.05) is 43.3 Å². The van der Waals surface area contributed by atoms with E-state index in [2.05, 4.69) is 22.4 Å². The molecular formula is C28H29N3O4. The number of nitrogens with one attached hydrogen (secondary N) is 2. The fourth-order valence-electron chi connectivity index (χ4n) is 3.52. The molecule has 3 N–H and O–H groups in total. The summed E-state index contributed by atoms with van der Waals surface area (Å²) in [6.07, 6.45) is 3.62. The first-order chi connectivity index (χ1) is 17.0. The van der Waals surface area contributed by atoms with Gasteiger partial charge >= 0.3 is 0 Å². The minimum absolute atomic E-state index is 0.00140. The van der Waals surface area contributed by atoms with Gasteiger partial charge in [-0.25, -0.2) is 5.43 Å². The monoisotopic (exact) mass is 471 g/mol. The SMILES string of the molecule is C=CCc1cc(/C=N\NC(=O)C[C@H](NC(=O)c2ccccc2)c2ccccc2)cc(OCC)c1O. The van der Waals surface area contributed by atoms with Crippen LogP contribution < -0.4 is 15.5 Å². The number of benzene rings is 3. The summed E-state index contributed by atoms with van der Waals surface area (Å²) in [6, 6.07) is 21.0. The Balaban J connectivity index is 1.70. The third-order valence-corrected chi connectivity index (χ3v) is 5.18. The molecule has 7 heteroatoms. The maximum atomic E-state index is 12.7. The first-order valence-corrected chi connectivity index (χ1v) is 11.3. The van der Waals surface area contributed by atoms with Gasteiger partial charge in [-0.3, -0.25) is 9.59 Å². The van der Waals surface area contributed by atoms with Crippen LogP contribution in [0.1, 0.15) is 46.4 Å². The smallest absolute Gasteiger partial charge is 0.251 e. The highest BCUT2D eigenvalue weighted by atomic mass is 16.5. The molecule has 0 radical (unpaired) electrons. The lowest BCUT2D eigenvalue weighted by atomic mass is 10.0. The number of carbonyl (C=O) groups is 2. The van der Waals surface area contributed by atoms with Crippen LogP contribution in [0.2, 0.25) is 0 Å². The number of hydrogen-bond acceptors (Lipinski definition) is 5. The van der Waals surface area contributed by atoms with E-state index in [1.165, 1.54) is 6.21 Å². The number of aromatic hydroxyl groups is 1. The normalized spacial score (nSPS) is 11.6. The lowest BCUT2D eigenvalue weighted by Crippen LogP contribution is -2.32. The van der Waals surface area contributed by atoms with Crippen LogP contribution >= 0.6 is 0 Å². The summed E-state index contributed by atoms with van der Waals surface area (Å²) in [5, 5.41) is 17.3. The van der Waals surface area contributed by atoms with Crippen molar-refractivity contribution in [2.75, 3.05) is 6.61 Å². The van der Waals surface area contributed by atoms with Crippen LogP contribution in [-0.4, -0.2) is 29.7 Å². The molecule has 0 aliphatic carbocycles. The maximum absolute atomic E-state index is 12.7. The summed E-state index contributed by atoms with van der Waals surface area (Å²) < 4.78 is 5.49. The predicted molar refractivity (Wildman–Crippen MR) is 137 cm³/mol. The molecule has 0 aromatic heterocycles. The molecule has 2 amide bonds. The Hall–Kier alpha value is -4.39. The Bertz CT molecular complexity index is 1180. The Kier molecular flexibility index (Phi) is 9.19. The average molecular weight is 472 g/mol. The molecule has 0 aliphatic heterocycles. The van der Waals surface area contributed by atoms with E-state index in [0.717, 1.165) is 5.56 Å². The predicted octanol–water partition coefficient (Wildman–Crippen LogP) is 4.53. The third kappa shape index (κ3) is 7.30. The number of phenols is 1. The first kappa shape index (κ1) is 25.2. The van der Waals surface area contributed by atoms with E-state index in [0.29, 0.717) is 35.5 Å². The van der Waals surface area contributed by atoms with Crippen LogP contribution in [-0.2, 0) is 11.2 Å². The van der Waals surface area contributed by atoms with Gasteiger partial charge in [0.2, 0.25) is 5.91 Å². The van der Waals surface area contributed by atoms with Crippen molar-refractivity contribution in [3.63, 3.8) is 0 Å². The largest absolute Gasteiger partial charge is 0.504 e. The number of hydrazone groups is 1. The minimum atomic E-state index is -0.531. The first-order valence-electron chi connectivity index (χ1n) is 11.3. The molecule has 0 saturated carbocycles. The highest BCUT2D eigenvalue weighted by Gasteiger charge is 2.19. The minimum Gasteiger partial charge on any atom is -0.504 e. The molecule has 0 aliphatic rings. The highest BCUT2D eigenvalue weighted by Crippen LogP contribution is 2.32. The molecule has 3 aromatic carbocycles. The molecule has 3 aromatic rings. The zero-order valence-corrected chi connectivity index (χ0v) is 19.6. The third-order valence-electron chi connectivity index (χ3n) is 5.18. The number of phenolic OH excluding ortho intramolecular Hbond substituents is 1. The Morgan fingerprint density at radius 2 is 1.77 bits per heavy atom. The summed E-state index contributed by atoms with van der Waals surface area (Å²) in [7, 11) is 0. The summed E-state index contributed by atoms with van der Waals surface area (Å²) in [6.45, 7) is 5.93. The molecule has 0 fully saturated rings. The van der Waals surface area contributed by atoms with Crippen molar-refractivity contribution in [1.82, 2.24) is 10.7 Å². The van der Waals surface area contributed by atoms with Gasteiger partial charge in [0.25, 0.3) is 5.91 Å². The lowest BCUT2D eigenvalue weighted by molar-refractivity contribution is -0.121. The molecule has 0 bridgehead atoms. The van der Waals surface area contributed by atoms with Gasteiger partial charge in [-0.15, -0.1) is 6.58 Å². The number of carbonyl (C=O) groups excluding carboxylic acids is 2. The standard InChI is InChI=1S/C28H29N3O4/c1-3-11-23-16-20(17-25(27(23)33)35-4-2)19-29-31-26(32)18-24(21-12-7-5-8-13-21)30-28(34)22-14-9-6-10-15-22/h3,5-10,12-17,19,24,33H,1,4,11,18H2,2H3,(H,30,34)(H,31,32)/b29-19-/t24-/m0/s1. The number of hydrogen-bond donors (Lipinski definition) is 3. The Labute approximate surface area is 205 Å². The molecular weight excluding hydrogens is 442 g/mol. The van der Waals surface area contributed by atoms with Crippen molar-refractivity contribution < 1.29 is 19.4 Å². The quantitative estimate of drug-likeness (QED) is 0.217. The van der Waals surface area contributed by atoms with Crippen molar-refractivity contribution in [3.05, 3.63) is 108 Å². The van der Waals surface area contributed by atoms with Gasteiger partial charge in [0.15, 0.2) is 11.5 Å². The molecule has 0 heterocycles. The molecule has 35 heavy (non-hydrogen) atoms. The van der Waals surface area contributed by atoms with E-state index >= 15 is 0 Å². The van der Waals surface area contributed by atoms with Crippen LogP contribution in [0.4, 0.5) is 0 Å². The van der Waals surface area contributed by atoms with Crippen molar-refractivity contribution in [2.45, 2.75) is 25.8 Å². The van der Waals surface area contributed by atoms with Crippen LogP contribution in [0, 0.1) is 0 Å². The van der Waals surface area contributed by atoms with Crippen molar-refractivity contribution in [2.24, 2.45) is 5.10 Å². The second-order valence-corrected chi connectivity index (χ2v) is 7.75. The van der Waals surface area contributed by atoms with Crippen LogP contribution in [0.25, 0.3) is 0 Å². The van der Waals surface area contributed by atoms with Gasteiger partial charge in [0.05, 0.1) is 25.3 Å². The number of rotatable bonds is 11. The molecule has 0 saturated heterocycles. The molecule has 0 unspecified atom stereocenters. The van der Waals surface area contributed by atoms with Gasteiger partial charge in [-0.2, -0.15) is 5.10 Å². The van der Waals surface area contributed by atoms with E-state index in [1.54, 1.807) is 42.5 Å². The average Bonchev–Trinajstić information content (AvgIpc) is 2.87. The molecule has 3 rings (SSSR count). The fraction of sp³-hybridized carbons (Fsp3) is 0.179. The fourth-order valence-corrected chi connectivity index (χ4v) is 3.52. The number of amides is 2. The summed E-state index contributed by atoms with van der Waals surface area (Å²) in [4.78, 5) is 25.4. The topological polar surface area (TPSA) is 100 Å². The molecule has 7 nitrogen and oxygen atoms in total. The maximum Gasteiger partial charge on any atom is 0.251 e. The second-order valence-electron chi connectivity index (χ2n) is 7.75. The Morgan fingerprint density at radius 3 is 2.43 bits per heavy atom. The van der Waals surface area contributed by atoms with Crippen LogP contribution in [0.5, 0.6) is 11.5 Å². The van der Waals surface area contributed by atoms with E-state index in [9.17, 15) is 14.7 Å². The Morgan fingerprint density at radius 1 is 1.09 bits per heavy atom. The van der Waals surface area contributed by atoms with Gasteiger partial charge in [0, 0.05) is 11.1 Å². The van der Waals surface area contributed by atoms with E-state index in [4.69, 9.17) is 4.74 Å². The van der Waals surface area contributed by atoms with Crippen molar-refractivity contribution in [3.8, 4) is 11.5 Å².